The van der Waals surface area contributed by atoms with Gasteiger partial charge in [0.15, 0.2) is 11.5 Å². The zero-order chi connectivity index (χ0) is 14.9. The standard InChI is InChI=1S/C13H14N2O4S2/c1-14-7-10-3-5-13(20-10)21(16,17)15-9-2-4-11-12(6-9)19-8-18-11/h2-6,14-15H,7-8H2,1H3. The number of hydrogen-bond donors (Lipinski definition) is 2. The average Bonchev–Trinajstić information content (AvgIpc) is 3.07. The van der Waals surface area contributed by atoms with Gasteiger partial charge in [0.05, 0.1) is 5.69 Å². The van der Waals surface area contributed by atoms with Gasteiger partial charge < -0.3 is 14.8 Å². The Morgan fingerprint density at radius 1 is 1.19 bits per heavy atom. The molecule has 0 unspecified atom stereocenters. The molecule has 0 atom stereocenters. The summed E-state index contributed by atoms with van der Waals surface area (Å²) in [5.74, 6) is 1.16. The molecule has 0 saturated heterocycles. The molecule has 112 valence electrons. The van der Waals surface area contributed by atoms with E-state index >= 15 is 0 Å². The summed E-state index contributed by atoms with van der Waals surface area (Å²) in [7, 11) is -1.77. The number of fused-ring (bicyclic) bond motifs is 1. The molecule has 1 aromatic heterocycles. The van der Waals surface area contributed by atoms with E-state index in [0.717, 1.165) is 4.88 Å². The van der Waals surface area contributed by atoms with Gasteiger partial charge in [-0.1, -0.05) is 0 Å². The Morgan fingerprint density at radius 2 is 2.00 bits per heavy atom. The third kappa shape index (κ3) is 2.97. The van der Waals surface area contributed by atoms with E-state index < -0.39 is 10.0 Å². The largest absolute Gasteiger partial charge is 0.454 e. The number of rotatable bonds is 5. The lowest BCUT2D eigenvalue weighted by Crippen LogP contribution is -2.11. The van der Waals surface area contributed by atoms with Crippen LogP contribution in [0, 0.1) is 0 Å². The molecule has 1 aliphatic rings. The Bertz CT molecular complexity index is 755. The van der Waals surface area contributed by atoms with Crippen molar-refractivity contribution in [2.45, 2.75) is 10.8 Å². The zero-order valence-corrected chi connectivity index (χ0v) is 12.9. The van der Waals surface area contributed by atoms with Crippen molar-refractivity contribution in [2.24, 2.45) is 0 Å². The molecule has 0 radical (unpaired) electrons. The number of ether oxygens (including phenoxy) is 2. The molecule has 2 N–H and O–H groups in total. The van der Waals surface area contributed by atoms with E-state index in [1.807, 2.05) is 7.05 Å². The highest BCUT2D eigenvalue weighted by Gasteiger charge is 2.19. The van der Waals surface area contributed by atoms with Crippen LogP contribution in [0.1, 0.15) is 4.88 Å². The quantitative estimate of drug-likeness (QED) is 0.879. The Morgan fingerprint density at radius 3 is 2.81 bits per heavy atom. The summed E-state index contributed by atoms with van der Waals surface area (Å²) in [5, 5.41) is 2.99. The molecule has 1 aromatic carbocycles. The first kappa shape index (κ1) is 14.2. The van der Waals surface area contributed by atoms with Crippen LogP contribution in [-0.2, 0) is 16.6 Å². The van der Waals surface area contributed by atoms with Crippen molar-refractivity contribution in [1.29, 1.82) is 0 Å². The van der Waals surface area contributed by atoms with Crippen molar-refractivity contribution in [2.75, 3.05) is 18.6 Å². The van der Waals surface area contributed by atoms with Gasteiger partial charge in [-0.3, -0.25) is 4.72 Å². The number of nitrogens with one attached hydrogen (secondary N) is 2. The summed E-state index contributed by atoms with van der Waals surface area (Å²) >= 11 is 1.24. The molecule has 21 heavy (non-hydrogen) atoms. The lowest BCUT2D eigenvalue weighted by molar-refractivity contribution is 0.174. The summed E-state index contributed by atoms with van der Waals surface area (Å²) in [4.78, 5) is 0.962. The predicted octanol–water partition coefficient (Wildman–Crippen LogP) is 2.00. The van der Waals surface area contributed by atoms with Crippen molar-refractivity contribution in [3.8, 4) is 11.5 Å². The molecular weight excluding hydrogens is 312 g/mol. The van der Waals surface area contributed by atoms with Crippen LogP contribution in [0.2, 0.25) is 0 Å². The molecule has 0 saturated carbocycles. The fourth-order valence-corrected chi connectivity index (χ4v) is 4.35. The van der Waals surface area contributed by atoms with E-state index in [-0.39, 0.29) is 11.0 Å². The van der Waals surface area contributed by atoms with Gasteiger partial charge in [-0.15, -0.1) is 11.3 Å². The van der Waals surface area contributed by atoms with Gasteiger partial charge in [-0.25, -0.2) is 8.42 Å². The fourth-order valence-electron chi connectivity index (χ4n) is 1.94. The first-order valence-electron chi connectivity index (χ1n) is 6.24. The zero-order valence-electron chi connectivity index (χ0n) is 11.3. The van der Waals surface area contributed by atoms with E-state index in [1.165, 1.54) is 11.3 Å². The van der Waals surface area contributed by atoms with Crippen LogP contribution in [0.5, 0.6) is 11.5 Å². The highest BCUT2D eigenvalue weighted by Crippen LogP contribution is 2.35. The molecule has 6 nitrogen and oxygen atoms in total. The second-order valence-corrected chi connectivity index (χ2v) is 7.50. The summed E-state index contributed by atoms with van der Waals surface area (Å²) in [5.41, 5.74) is 0.447. The van der Waals surface area contributed by atoms with Gasteiger partial charge in [0.2, 0.25) is 6.79 Å². The second-order valence-electron chi connectivity index (χ2n) is 4.42. The van der Waals surface area contributed by atoms with Gasteiger partial charge in [-0.2, -0.15) is 0 Å². The summed E-state index contributed by atoms with van der Waals surface area (Å²) in [6.07, 6.45) is 0. The molecule has 8 heteroatoms. The second kappa shape index (κ2) is 5.55. The van der Waals surface area contributed by atoms with E-state index in [4.69, 9.17) is 9.47 Å². The molecule has 2 aromatic rings. The van der Waals surface area contributed by atoms with Crippen molar-refractivity contribution < 1.29 is 17.9 Å². The van der Waals surface area contributed by atoms with Gasteiger partial charge in [-0.05, 0) is 31.3 Å². The summed E-state index contributed by atoms with van der Waals surface area (Å²) < 4.78 is 37.9. The van der Waals surface area contributed by atoms with Crippen molar-refractivity contribution in [3.63, 3.8) is 0 Å². The van der Waals surface area contributed by atoms with Crippen LogP contribution in [-0.4, -0.2) is 22.3 Å². The van der Waals surface area contributed by atoms with Gasteiger partial charge in [0, 0.05) is 17.5 Å². The summed E-state index contributed by atoms with van der Waals surface area (Å²) in [6, 6.07) is 8.35. The number of anilines is 1. The number of benzene rings is 1. The minimum Gasteiger partial charge on any atom is -0.454 e. The first-order valence-corrected chi connectivity index (χ1v) is 8.54. The highest BCUT2D eigenvalue weighted by atomic mass is 32.2. The Kier molecular flexibility index (Phi) is 3.75. The van der Waals surface area contributed by atoms with E-state index in [9.17, 15) is 8.42 Å². The molecule has 0 fully saturated rings. The first-order chi connectivity index (χ1) is 10.1. The minimum atomic E-state index is -3.58. The van der Waals surface area contributed by atoms with Crippen molar-refractivity contribution in [3.05, 3.63) is 35.2 Å². The topological polar surface area (TPSA) is 76.7 Å². The number of thiophene rings is 1. The predicted molar refractivity (Wildman–Crippen MR) is 80.5 cm³/mol. The highest BCUT2D eigenvalue weighted by molar-refractivity contribution is 7.94. The lowest BCUT2D eigenvalue weighted by Gasteiger charge is -2.07. The molecular formula is C13H14N2O4S2. The SMILES string of the molecule is CNCc1ccc(S(=O)(=O)Nc2ccc3c(c2)OCO3)s1. The maximum Gasteiger partial charge on any atom is 0.271 e. The molecule has 0 spiro atoms. The normalized spacial score (nSPS) is 13.4. The summed E-state index contributed by atoms with van der Waals surface area (Å²) in [6.45, 7) is 0.800. The van der Waals surface area contributed by atoms with Crippen LogP contribution in [0.4, 0.5) is 5.69 Å². The Hall–Kier alpha value is -1.77. The van der Waals surface area contributed by atoms with E-state index in [2.05, 4.69) is 10.0 Å². The maximum absolute atomic E-state index is 12.3. The van der Waals surface area contributed by atoms with Crippen molar-refractivity contribution in [1.82, 2.24) is 5.32 Å². The van der Waals surface area contributed by atoms with Gasteiger partial charge in [0.1, 0.15) is 4.21 Å². The molecule has 0 aliphatic carbocycles. The van der Waals surface area contributed by atoms with E-state index in [1.54, 1.807) is 30.3 Å². The molecule has 3 rings (SSSR count). The third-order valence-corrected chi connectivity index (χ3v) is 5.84. The number of sulfonamides is 1. The average molecular weight is 326 g/mol. The fraction of sp³-hybridized carbons (Fsp3) is 0.231. The maximum atomic E-state index is 12.3. The smallest absolute Gasteiger partial charge is 0.271 e. The van der Waals surface area contributed by atoms with Crippen molar-refractivity contribution >= 4 is 27.0 Å². The molecule has 0 bridgehead atoms. The van der Waals surface area contributed by atoms with Crippen LogP contribution < -0.4 is 19.5 Å². The monoisotopic (exact) mass is 326 g/mol. The molecule has 1 aliphatic heterocycles. The lowest BCUT2D eigenvalue weighted by atomic mass is 10.3. The van der Waals surface area contributed by atoms with Gasteiger partial charge >= 0.3 is 0 Å². The van der Waals surface area contributed by atoms with Gasteiger partial charge in [0.25, 0.3) is 10.0 Å². The van der Waals surface area contributed by atoms with Crippen LogP contribution in [0.3, 0.4) is 0 Å². The Labute approximate surface area is 126 Å². The van der Waals surface area contributed by atoms with Crippen LogP contribution >= 0.6 is 11.3 Å². The third-order valence-electron chi connectivity index (χ3n) is 2.88. The minimum absolute atomic E-state index is 0.157. The number of hydrogen-bond acceptors (Lipinski definition) is 6. The molecule has 2 heterocycles. The Balaban J connectivity index is 1.82. The van der Waals surface area contributed by atoms with Crippen LogP contribution in [0.15, 0.2) is 34.5 Å². The van der Waals surface area contributed by atoms with E-state index in [0.29, 0.717) is 23.7 Å². The molecule has 0 amide bonds. The van der Waals surface area contributed by atoms with Crippen LogP contribution in [0.25, 0.3) is 0 Å².